The van der Waals surface area contributed by atoms with Crippen LogP contribution in [0.4, 0.5) is 13.2 Å². The largest absolute Gasteiger partial charge is 0.471 e. The molecule has 1 amide bonds. The average molecular weight is 284 g/mol. The van der Waals surface area contributed by atoms with Crippen LogP contribution in [-0.2, 0) is 11.2 Å². The molecule has 0 spiro atoms. The minimum atomic E-state index is -4.95. The lowest BCUT2D eigenvalue weighted by atomic mass is 9.87. The zero-order chi connectivity index (χ0) is 14.5. The predicted octanol–water partition coefficient (Wildman–Crippen LogP) is 1.80. The lowest BCUT2D eigenvalue weighted by molar-refractivity contribution is -0.175. The molecule has 2 unspecified atom stereocenters. The van der Waals surface area contributed by atoms with Crippen molar-refractivity contribution in [3.05, 3.63) is 35.5 Å². The Morgan fingerprint density at radius 2 is 2.15 bits per heavy atom. The van der Waals surface area contributed by atoms with Gasteiger partial charge in [0.05, 0.1) is 6.04 Å². The van der Waals surface area contributed by atoms with Gasteiger partial charge in [0.1, 0.15) is 6.10 Å². The zero-order valence-corrected chi connectivity index (χ0v) is 10.2. The summed E-state index contributed by atoms with van der Waals surface area (Å²) < 4.78 is 36.9. The second-order valence-corrected chi connectivity index (χ2v) is 4.81. The van der Waals surface area contributed by atoms with E-state index < -0.39 is 24.2 Å². The minimum Gasteiger partial charge on any atom is -0.386 e. The third kappa shape index (κ3) is 1.94. The molecule has 3 N–H and O–H groups in total. The lowest BCUT2D eigenvalue weighted by Crippen LogP contribution is -2.47. The van der Waals surface area contributed by atoms with Crippen molar-refractivity contribution in [1.29, 1.82) is 0 Å². The van der Waals surface area contributed by atoms with Gasteiger partial charge in [-0.25, -0.2) is 0 Å². The van der Waals surface area contributed by atoms with E-state index in [9.17, 15) is 23.1 Å². The summed E-state index contributed by atoms with van der Waals surface area (Å²) in [5.41, 5.74) is 2.13. The first-order chi connectivity index (χ1) is 9.38. The van der Waals surface area contributed by atoms with Gasteiger partial charge in [-0.2, -0.15) is 13.2 Å². The van der Waals surface area contributed by atoms with Crippen molar-refractivity contribution in [3.63, 3.8) is 0 Å². The first-order valence-electron chi connectivity index (χ1n) is 6.02. The average Bonchev–Trinajstić information content (AvgIpc) is 2.78. The smallest absolute Gasteiger partial charge is 0.386 e. The van der Waals surface area contributed by atoms with Crippen LogP contribution >= 0.6 is 0 Å². The summed E-state index contributed by atoms with van der Waals surface area (Å²) in [6, 6.07) is 4.19. The van der Waals surface area contributed by atoms with E-state index in [0.717, 1.165) is 16.5 Å². The summed E-state index contributed by atoms with van der Waals surface area (Å²) >= 11 is 0. The second kappa shape index (κ2) is 4.24. The fourth-order valence-electron chi connectivity index (χ4n) is 2.64. The van der Waals surface area contributed by atoms with E-state index in [1.165, 1.54) is 0 Å². The summed E-state index contributed by atoms with van der Waals surface area (Å²) in [6.45, 7) is 0. The molecule has 1 aromatic carbocycles. The van der Waals surface area contributed by atoms with Crippen LogP contribution in [0.15, 0.2) is 24.4 Å². The van der Waals surface area contributed by atoms with Crippen molar-refractivity contribution in [2.75, 3.05) is 0 Å². The second-order valence-electron chi connectivity index (χ2n) is 4.81. The number of hydrogen-bond acceptors (Lipinski definition) is 2. The Morgan fingerprint density at radius 3 is 2.85 bits per heavy atom. The minimum absolute atomic E-state index is 0.153. The number of benzene rings is 1. The van der Waals surface area contributed by atoms with E-state index >= 15 is 0 Å². The highest BCUT2D eigenvalue weighted by atomic mass is 19.4. The van der Waals surface area contributed by atoms with Crippen LogP contribution in [0.3, 0.4) is 0 Å². The monoisotopic (exact) mass is 284 g/mol. The molecular formula is C13H11F3N2O2. The van der Waals surface area contributed by atoms with Crippen LogP contribution in [0.1, 0.15) is 17.2 Å². The van der Waals surface area contributed by atoms with Crippen LogP contribution in [0, 0.1) is 0 Å². The molecule has 0 fully saturated rings. The topological polar surface area (TPSA) is 65.1 Å². The van der Waals surface area contributed by atoms with Crippen LogP contribution in [0.25, 0.3) is 10.9 Å². The SMILES string of the molecule is O=C(NC1Cc2c[nH]c3cccc(c23)C1O)C(F)(F)F. The number of rotatable bonds is 1. The molecule has 0 aliphatic heterocycles. The molecule has 1 aliphatic rings. The summed E-state index contributed by atoms with van der Waals surface area (Å²) in [4.78, 5) is 14.0. The molecule has 0 bridgehead atoms. The fourth-order valence-corrected chi connectivity index (χ4v) is 2.64. The molecular weight excluding hydrogens is 273 g/mol. The first-order valence-corrected chi connectivity index (χ1v) is 6.02. The fraction of sp³-hybridized carbons (Fsp3) is 0.308. The number of H-pyrrole nitrogens is 1. The predicted molar refractivity (Wildman–Crippen MR) is 64.9 cm³/mol. The van der Waals surface area contributed by atoms with Gasteiger partial charge >= 0.3 is 12.1 Å². The Hall–Kier alpha value is -2.02. The summed E-state index contributed by atoms with van der Waals surface area (Å²) in [5.74, 6) is -2.03. The number of amides is 1. The lowest BCUT2D eigenvalue weighted by Gasteiger charge is -2.29. The summed E-state index contributed by atoms with van der Waals surface area (Å²) in [6.07, 6.45) is -4.27. The number of carbonyl (C=O) groups is 1. The normalized spacial score (nSPS) is 22.0. The molecule has 2 aromatic rings. The van der Waals surface area contributed by atoms with E-state index in [1.807, 2.05) is 11.4 Å². The Bertz CT molecular complexity index is 678. The number of aliphatic hydroxyl groups is 1. The number of halogens is 3. The van der Waals surface area contributed by atoms with Crippen molar-refractivity contribution < 1.29 is 23.1 Å². The van der Waals surface area contributed by atoms with Gasteiger partial charge in [-0.1, -0.05) is 12.1 Å². The van der Waals surface area contributed by atoms with Gasteiger partial charge in [-0.15, -0.1) is 0 Å². The number of aliphatic hydroxyl groups excluding tert-OH is 1. The molecule has 7 heteroatoms. The van der Waals surface area contributed by atoms with E-state index in [2.05, 4.69) is 4.98 Å². The molecule has 0 radical (unpaired) electrons. The van der Waals surface area contributed by atoms with Gasteiger partial charge in [-0.3, -0.25) is 4.79 Å². The van der Waals surface area contributed by atoms with Crippen molar-refractivity contribution >= 4 is 16.8 Å². The van der Waals surface area contributed by atoms with E-state index in [4.69, 9.17) is 0 Å². The van der Waals surface area contributed by atoms with Crippen LogP contribution < -0.4 is 5.32 Å². The molecule has 0 saturated carbocycles. The van der Waals surface area contributed by atoms with Crippen molar-refractivity contribution in [2.45, 2.75) is 24.7 Å². The molecule has 1 aliphatic carbocycles. The Morgan fingerprint density at radius 1 is 1.40 bits per heavy atom. The molecule has 3 rings (SSSR count). The number of alkyl halides is 3. The maximum Gasteiger partial charge on any atom is 0.471 e. The van der Waals surface area contributed by atoms with E-state index in [1.54, 1.807) is 18.3 Å². The number of carbonyl (C=O) groups excluding carboxylic acids is 1. The molecule has 1 heterocycles. The standard InChI is InChI=1S/C13H11F3N2O2/c14-13(15,16)12(20)18-9-4-6-5-17-8-3-1-2-7(10(6)8)11(9)19/h1-3,5,9,11,17,19H,4H2,(H,18,20). The molecule has 1 aromatic heterocycles. The number of aromatic nitrogens is 1. The molecule has 20 heavy (non-hydrogen) atoms. The maximum atomic E-state index is 12.3. The highest BCUT2D eigenvalue weighted by Gasteiger charge is 2.42. The number of hydrogen-bond donors (Lipinski definition) is 3. The molecule has 0 saturated heterocycles. The Balaban J connectivity index is 1.94. The van der Waals surface area contributed by atoms with Gasteiger partial charge in [0.2, 0.25) is 0 Å². The highest BCUT2D eigenvalue weighted by Crippen LogP contribution is 2.35. The maximum absolute atomic E-state index is 12.3. The number of aromatic amines is 1. The quantitative estimate of drug-likeness (QED) is 0.747. The van der Waals surface area contributed by atoms with Gasteiger partial charge in [0.15, 0.2) is 0 Å². The van der Waals surface area contributed by atoms with Crippen molar-refractivity contribution in [1.82, 2.24) is 10.3 Å². The van der Waals surface area contributed by atoms with Crippen LogP contribution in [-0.4, -0.2) is 28.2 Å². The highest BCUT2D eigenvalue weighted by molar-refractivity contribution is 5.89. The van der Waals surface area contributed by atoms with Gasteiger partial charge in [-0.05, 0) is 23.6 Å². The Labute approximate surface area is 111 Å². The molecule has 106 valence electrons. The third-order valence-electron chi connectivity index (χ3n) is 3.53. The van der Waals surface area contributed by atoms with Crippen LogP contribution in [0.5, 0.6) is 0 Å². The van der Waals surface area contributed by atoms with Gasteiger partial charge in [0.25, 0.3) is 0 Å². The van der Waals surface area contributed by atoms with Crippen LogP contribution in [0.2, 0.25) is 0 Å². The van der Waals surface area contributed by atoms with Gasteiger partial charge < -0.3 is 15.4 Å². The number of nitrogens with one attached hydrogen (secondary N) is 2. The van der Waals surface area contributed by atoms with Crippen molar-refractivity contribution in [2.24, 2.45) is 0 Å². The van der Waals surface area contributed by atoms with E-state index in [0.29, 0.717) is 5.56 Å². The van der Waals surface area contributed by atoms with Crippen molar-refractivity contribution in [3.8, 4) is 0 Å². The molecule has 4 nitrogen and oxygen atoms in total. The molecule has 2 atom stereocenters. The third-order valence-corrected chi connectivity index (χ3v) is 3.53. The summed E-state index contributed by atoms with van der Waals surface area (Å²) in [5, 5.41) is 12.8. The Kier molecular flexibility index (Phi) is 2.75. The summed E-state index contributed by atoms with van der Waals surface area (Å²) in [7, 11) is 0. The van der Waals surface area contributed by atoms with Gasteiger partial charge in [0, 0.05) is 17.1 Å². The van der Waals surface area contributed by atoms with E-state index in [-0.39, 0.29) is 6.42 Å². The zero-order valence-electron chi connectivity index (χ0n) is 10.2. The first kappa shape index (κ1) is 13.0.